The molecule has 13 heteroatoms. The van der Waals surface area contributed by atoms with Crippen molar-refractivity contribution in [1.29, 1.82) is 0 Å². The molecule has 2 amide bonds. The zero-order chi connectivity index (χ0) is 28.1. The summed E-state index contributed by atoms with van der Waals surface area (Å²) in [5, 5.41) is 8.99. The molecule has 0 fully saturated rings. The average molecular weight is 587 g/mol. The molecule has 0 radical (unpaired) electrons. The molecule has 1 aromatic heterocycles. The largest absolute Gasteiger partial charge is 0.423 e. The van der Waals surface area contributed by atoms with E-state index in [0.29, 0.717) is 21.6 Å². The van der Waals surface area contributed by atoms with Crippen LogP contribution in [0.25, 0.3) is 16.7 Å². The summed E-state index contributed by atoms with van der Waals surface area (Å²) < 4.78 is 29.6. The quantitative estimate of drug-likeness (QED) is 0.180. The van der Waals surface area contributed by atoms with Crippen LogP contribution in [0.2, 0.25) is 10.0 Å². The van der Waals surface area contributed by atoms with Crippen molar-refractivity contribution in [3.63, 3.8) is 0 Å². The van der Waals surface area contributed by atoms with E-state index in [9.17, 15) is 22.8 Å². The van der Waals surface area contributed by atoms with Gasteiger partial charge < -0.3 is 4.74 Å². The number of halogens is 2. The topological polar surface area (TPSA) is 129 Å². The van der Waals surface area contributed by atoms with E-state index in [1.165, 1.54) is 23.0 Å². The Morgan fingerprint density at radius 2 is 1.51 bits per heavy atom. The summed E-state index contributed by atoms with van der Waals surface area (Å²) in [5.74, 6) is -3.06. The van der Waals surface area contributed by atoms with Crippen LogP contribution in [0, 0.1) is 6.92 Å². The molecule has 39 heavy (non-hydrogen) atoms. The van der Waals surface area contributed by atoms with E-state index < -0.39 is 39.4 Å². The molecule has 4 aromatic rings. The minimum Gasteiger partial charge on any atom is -0.423 e. The van der Waals surface area contributed by atoms with E-state index >= 15 is 0 Å². The number of rotatable bonds is 7. The first kappa shape index (κ1) is 26.8. The van der Waals surface area contributed by atoms with Gasteiger partial charge in [0.25, 0.3) is 11.8 Å². The summed E-state index contributed by atoms with van der Waals surface area (Å²) in [7, 11) is -3.57. The van der Waals surface area contributed by atoms with E-state index in [-0.39, 0.29) is 33.3 Å². The second-order valence-electron chi connectivity index (χ2n) is 9.10. The molecule has 0 aliphatic carbocycles. The van der Waals surface area contributed by atoms with Gasteiger partial charge in [0, 0.05) is 6.26 Å². The van der Waals surface area contributed by atoms with Gasteiger partial charge in [-0.3, -0.25) is 14.5 Å². The minimum absolute atomic E-state index is 0.0463. The van der Waals surface area contributed by atoms with Gasteiger partial charge in [-0.15, -0.1) is 15.0 Å². The van der Waals surface area contributed by atoms with Gasteiger partial charge in [0.2, 0.25) is 0 Å². The number of benzene rings is 3. The highest BCUT2D eigenvalue weighted by molar-refractivity contribution is 7.90. The lowest BCUT2D eigenvalue weighted by atomic mass is 10.1. The third-order valence-corrected chi connectivity index (χ3v) is 7.83. The average Bonchev–Trinajstić information content (AvgIpc) is 3.40. The number of aryl methyl sites for hydroxylation is 1. The number of carbonyl (C=O) groups excluding carboxylic acids is 3. The van der Waals surface area contributed by atoms with Crippen molar-refractivity contribution >= 4 is 61.9 Å². The summed E-state index contributed by atoms with van der Waals surface area (Å²) in [6.07, 6.45) is 0.610. The highest BCUT2D eigenvalue weighted by Gasteiger charge is 2.44. The summed E-state index contributed by atoms with van der Waals surface area (Å²) >= 11 is 12.1. The normalized spacial score (nSPS) is 14.1. The van der Waals surface area contributed by atoms with Crippen LogP contribution in [0.3, 0.4) is 0 Å². The third kappa shape index (κ3) is 5.25. The van der Waals surface area contributed by atoms with Gasteiger partial charge in [0.05, 0.1) is 26.9 Å². The standard InChI is InChI=1S/C26H20Cl2N4O6S/c1-14-7-8-23(22(11-14)32-29-19-5-3-4-6-20(19)30-32)38-26(35)21(9-10-39(2,36)37)31-24(33)15-12-17(27)18(28)13-16(15)25(31)34/h3-8,11-13,21H,9-10H2,1-2H3/t21-/m0/s1. The van der Waals surface area contributed by atoms with Gasteiger partial charge in [-0.1, -0.05) is 41.4 Å². The van der Waals surface area contributed by atoms with Crippen molar-refractivity contribution in [2.24, 2.45) is 0 Å². The van der Waals surface area contributed by atoms with Gasteiger partial charge in [0.1, 0.15) is 32.6 Å². The molecule has 200 valence electrons. The maximum Gasteiger partial charge on any atom is 0.334 e. The smallest absolute Gasteiger partial charge is 0.334 e. The fraction of sp³-hybridized carbons (Fsp3) is 0.192. The zero-order valence-corrected chi connectivity index (χ0v) is 22.9. The van der Waals surface area contributed by atoms with Gasteiger partial charge in [-0.2, -0.15) is 0 Å². The van der Waals surface area contributed by atoms with Gasteiger partial charge in [-0.25, -0.2) is 13.2 Å². The molecule has 10 nitrogen and oxygen atoms in total. The molecule has 0 bridgehead atoms. The fourth-order valence-corrected chi connectivity index (χ4v) is 5.21. The first-order chi connectivity index (χ1) is 18.4. The number of fused-ring (bicyclic) bond motifs is 2. The van der Waals surface area contributed by atoms with Crippen LogP contribution in [0.4, 0.5) is 0 Å². The molecule has 5 rings (SSSR count). The number of hydrogen-bond acceptors (Lipinski definition) is 8. The fourth-order valence-electron chi connectivity index (χ4n) is 4.23. The molecule has 0 saturated carbocycles. The van der Waals surface area contributed by atoms with E-state index in [2.05, 4.69) is 10.2 Å². The number of imide groups is 1. The Hall–Kier alpha value is -3.80. The molecule has 0 N–H and O–H groups in total. The Kier molecular flexibility index (Phi) is 6.91. The van der Waals surface area contributed by atoms with Crippen molar-refractivity contribution < 1.29 is 27.5 Å². The van der Waals surface area contributed by atoms with Crippen LogP contribution < -0.4 is 4.74 Å². The van der Waals surface area contributed by atoms with Crippen molar-refractivity contribution in [3.05, 3.63) is 81.3 Å². The molecule has 1 aliphatic rings. The molecule has 0 unspecified atom stereocenters. The lowest BCUT2D eigenvalue weighted by Gasteiger charge is -2.24. The van der Waals surface area contributed by atoms with E-state index in [4.69, 9.17) is 27.9 Å². The number of ether oxygens (including phenoxy) is 1. The molecule has 0 saturated heterocycles. The second-order valence-corrected chi connectivity index (χ2v) is 12.2. The molecule has 1 aliphatic heterocycles. The SMILES string of the molecule is Cc1ccc(OC(=O)[C@H](CCS(C)(=O)=O)N2C(=O)c3cc(Cl)c(Cl)cc3C2=O)c(-n2nc3ccccc3n2)c1. The number of esters is 1. The van der Waals surface area contributed by atoms with Crippen LogP contribution in [0.15, 0.2) is 54.6 Å². The van der Waals surface area contributed by atoms with Crippen LogP contribution in [0.1, 0.15) is 32.7 Å². The number of aromatic nitrogens is 3. The Bertz CT molecular complexity index is 1710. The molecule has 0 spiro atoms. The Morgan fingerprint density at radius 1 is 0.949 bits per heavy atom. The lowest BCUT2D eigenvalue weighted by molar-refractivity contribution is -0.138. The second kappa shape index (κ2) is 10.1. The van der Waals surface area contributed by atoms with Crippen LogP contribution in [-0.4, -0.2) is 64.1 Å². The van der Waals surface area contributed by atoms with Crippen LogP contribution in [0.5, 0.6) is 5.75 Å². The monoisotopic (exact) mass is 586 g/mol. The van der Waals surface area contributed by atoms with Crippen molar-refractivity contribution in [3.8, 4) is 11.4 Å². The van der Waals surface area contributed by atoms with Crippen LogP contribution >= 0.6 is 23.2 Å². The Morgan fingerprint density at radius 3 is 2.05 bits per heavy atom. The molecule has 3 aromatic carbocycles. The first-order valence-corrected chi connectivity index (χ1v) is 14.4. The van der Waals surface area contributed by atoms with E-state index in [0.717, 1.165) is 11.8 Å². The maximum atomic E-state index is 13.6. The number of carbonyl (C=O) groups is 3. The minimum atomic E-state index is -3.57. The summed E-state index contributed by atoms with van der Waals surface area (Å²) in [4.78, 5) is 42.1. The van der Waals surface area contributed by atoms with Gasteiger partial charge >= 0.3 is 5.97 Å². The van der Waals surface area contributed by atoms with Gasteiger partial charge in [0.15, 0.2) is 5.75 Å². The lowest BCUT2D eigenvalue weighted by Crippen LogP contribution is -2.47. The van der Waals surface area contributed by atoms with Gasteiger partial charge in [-0.05, 0) is 55.3 Å². The Labute approximate surface area is 233 Å². The highest BCUT2D eigenvalue weighted by Crippen LogP contribution is 2.34. The van der Waals surface area contributed by atoms with E-state index in [1.54, 1.807) is 24.3 Å². The number of hydrogen-bond donors (Lipinski definition) is 0. The molecule has 1 atom stereocenters. The molecular weight excluding hydrogens is 567 g/mol. The molecule has 2 heterocycles. The Balaban J connectivity index is 1.52. The van der Waals surface area contributed by atoms with Crippen LogP contribution in [-0.2, 0) is 14.6 Å². The number of sulfone groups is 1. The summed E-state index contributed by atoms with van der Waals surface area (Å²) in [6, 6.07) is 13.1. The first-order valence-electron chi connectivity index (χ1n) is 11.6. The zero-order valence-electron chi connectivity index (χ0n) is 20.6. The maximum absolute atomic E-state index is 13.6. The van der Waals surface area contributed by atoms with Crippen molar-refractivity contribution in [2.45, 2.75) is 19.4 Å². The van der Waals surface area contributed by atoms with E-state index in [1.807, 2.05) is 19.1 Å². The summed E-state index contributed by atoms with van der Waals surface area (Å²) in [5.41, 5.74) is 2.30. The summed E-state index contributed by atoms with van der Waals surface area (Å²) in [6.45, 7) is 1.84. The van der Waals surface area contributed by atoms with Crippen molar-refractivity contribution in [2.75, 3.05) is 12.0 Å². The number of amides is 2. The highest BCUT2D eigenvalue weighted by atomic mass is 35.5. The van der Waals surface area contributed by atoms with Crippen molar-refractivity contribution in [1.82, 2.24) is 19.9 Å². The number of nitrogens with zero attached hydrogens (tertiary/aromatic N) is 4. The third-order valence-electron chi connectivity index (χ3n) is 6.13. The predicted molar refractivity (Wildman–Crippen MR) is 144 cm³/mol. The molecular formula is C26H20Cl2N4O6S. The predicted octanol–water partition coefficient (Wildman–Crippen LogP) is 4.04.